The minimum Gasteiger partial charge on any atom is -0.481 e. The molecule has 3 rings (SSSR count). The van der Waals surface area contributed by atoms with Gasteiger partial charge in [-0.1, -0.05) is 48.5 Å². The van der Waals surface area contributed by atoms with Gasteiger partial charge in [0.2, 0.25) is 0 Å². The molecule has 0 aliphatic heterocycles. The normalized spacial score (nSPS) is 20.0. The van der Waals surface area contributed by atoms with Crippen LogP contribution in [0.4, 0.5) is 0 Å². The second-order valence-corrected chi connectivity index (χ2v) is 7.86. The molecule has 0 bridgehead atoms. The Balaban J connectivity index is 1.63. The Morgan fingerprint density at radius 2 is 1.70 bits per heavy atom. The molecule has 0 radical (unpaired) electrons. The van der Waals surface area contributed by atoms with E-state index in [9.17, 15) is 4.79 Å². The quantitative estimate of drug-likeness (QED) is 0.773. The molecule has 144 valence electrons. The predicted molar refractivity (Wildman–Crippen MR) is 109 cm³/mol. The van der Waals surface area contributed by atoms with Gasteiger partial charge in [0.25, 0.3) is 0 Å². The summed E-state index contributed by atoms with van der Waals surface area (Å²) in [6.07, 6.45) is 3.45. The fraction of sp³-hybridized carbons (Fsp3) is 0.435. The molecule has 4 nitrogen and oxygen atoms in total. The van der Waals surface area contributed by atoms with Crippen molar-refractivity contribution < 1.29 is 9.90 Å². The van der Waals surface area contributed by atoms with Crippen LogP contribution >= 0.6 is 0 Å². The molecule has 1 aliphatic rings. The van der Waals surface area contributed by atoms with E-state index in [2.05, 4.69) is 72.8 Å². The summed E-state index contributed by atoms with van der Waals surface area (Å²) in [5, 5.41) is 12.8. The van der Waals surface area contributed by atoms with Gasteiger partial charge in [-0.3, -0.25) is 4.79 Å². The summed E-state index contributed by atoms with van der Waals surface area (Å²) in [4.78, 5) is 13.3. The topological polar surface area (TPSA) is 52.6 Å². The molecule has 0 heterocycles. The Labute approximate surface area is 162 Å². The summed E-state index contributed by atoms with van der Waals surface area (Å²) in [6, 6.07) is 17.8. The molecule has 0 amide bonds. The van der Waals surface area contributed by atoms with Crippen molar-refractivity contribution in [3.63, 3.8) is 0 Å². The summed E-state index contributed by atoms with van der Waals surface area (Å²) in [7, 11) is 4.16. The van der Waals surface area contributed by atoms with E-state index in [-0.39, 0.29) is 5.92 Å². The summed E-state index contributed by atoms with van der Waals surface area (Å²) in [5.74, 6) is -0.799. The van der Waals surface area contributed by atoms with Crippen molar-refractivity contribution in [1.82, 2.24) is 10.2 Å². The Kier molecular flexibility index (Phi) is 6.64. The number of carboxylic acid groups (broad SMARTS) is 1. The van der Waals surface area contributed by atoms with Crippen LogP contribution in [0.15, 0.2) is 48.5 Å². The van der Waals surface area contributed by atoms with Crippen LogP contribution in [0.5, 0.6) is 0 Å². The zero-order valence-electron chi connectivity index (χ0n) is 16.3. The molecule has 27 heavy (non-hydrogen) atoms. The molecule has 2 N–H and O–H groups in total. The predicted octanol–water partition coefficient (Wildman–Crippen LogP) is 4.15. The van der Waals surface area contributed by atoms with Gasteiger partial charge in [-0.2, -0.15) is 0 Å². The number of hydrogen-bond acceptors (Lipinski definition) is 3. The zero-order valence-corrected chi connectivity index (χ0v) is 16.3. The first kappa shape index (κ1) is 19.6. The molecule has 2 aromatic rings. The maximum Gasteiger partial charge on any atom is 0.306 e. The summed E-state index contributed by atoms with van der Waals surface area (Å²) in [5.41, 5.74) is 5.11. The first-order chi connectivity index (χ1) is 13.0. The number of nitrogens with zero attached hydrogens (tertiary/aromatic N) is 1. The molecule has 0 aromatic heterocycles. The van der Waals surface area contributed by atoms with E-state index in [1.165, 1.54) is 22.3 Å². The van der Waals surface area contributed by atoms with Gasteiger partial charge < -0.3 is 15.3 Å². The molecule has 1 saturated carbocycles. The Morgan fingerprint density at radius 1 is 1.04 bits per heavy atom. The van der Waals surface area contributed by atoms with Crippen LogP contribution in [0.25, 0.3) is 11.1 Å². The number of rotatable bonds is 7. The minimum atomic E-state index is -0.642. The number of benzene rings is 2. The van der Waals surface area contributed by atoms with Gasteiger partial charge in [0, 0.05) is 19.1 Å². The van der Waals surface area contributed by atoms with Crippen molar-refractivity contribution in [3.8, 4) is 11.1 Å². The standard InChI is InChI=1S/C23H30N2O2/c1-25(2)16-17-7-9-18(10-8-17)22-6-4-3-5-20(22)15-24-21-13-11-19(12-14-21)23(26)27/h3-10,19,21,24H,11-16H2,1-2H3,(H,26,27). The van der Waals surface area contributed by atoms with Crippen LogP contribution in [-0.4, -0.2) is 36.1 Å². The van der Waals surface area contributed by atoms with Crippen LogP contribution in [0, 0.1) is 5.92 Å². The van der Waals surface area contributed by atoms with Crippen molar-refractivity contribution in [2.75, 3.05) is 14.1 Å². The maximum absolute atomic E-state index is 11.1. The third-order valence-electron chi connectivity index (χ3n) is 5.44. The number of hydrogen-bond donors (Lipinski definition) is 2. The summed E-state index contributed by atoms with van der Waals surface area (Å²) >= 11 is 0. The van der Waals surface area contributed by atoms with E-state index in [4.69, 9.17) is 5.11 Å². The van der Waals surface area contributed by atoms with E-state index < -0.39 is 5.97 Å². The Hall–Kier alpha value is -2.17. The molecular formula is C23H30N2O2. The van der Waals surface area contributed by atoms with Crippen molar-refractivity contribution in [3.05, 3.63) is 59.7 Å². The lowest BCUT2D eigenvalue weighted by molar-refractivity contribution is -0.142. The van der Waals surface area contributed by atoms with E-state index >= 15 is 0 Å². The fourth-order valence-electron chi connectivity index (χ4n) is 3.91. The smallest absolute Gasteiger partial charge is 0.306 e. The third-order valence-corrected chi connectivity index (χ3v) is 5.44. The monoisotopic (exact) mass is 366 g/mol. The van der Waals surface area contributed by atoms with E-state index in [0.29, 0.717) is 6.04 Å². The SMILES string of the molecule is CN(C)Cc1ccc(-c2ccccc2CNC2CCC(C(=O)O)CC2)cc1. The average Bonchev–Trinajstić information content (AvgIpc) is 2.67. The Morgan fingerprint density at radius 3 is 2.33 bits per heavy atom. The maximum atomic E-state index is 11.1. The van der Waals surface area contributed by atoms with Gasteiger partial charge in [-0.05, 0) is 62.0 Å². The molecule has 2 aromatic carbocycles. The second kappa shape index (κ2) is 9.16. The van der Waals surface area contributed by atoms with Crippen LogP contribution in [-0.2, 0) is 17.9 Å². The lowest BCUT2D eigenvalue weighted by Gasteiger charge is -2.27. The molecule has 0 atom stereocenters. The Bertz CT molecular complexity index is 747. The van der Waals surface area contributed by atoms with E-state index in [1.54, 1.807) is 0 Å². The third kappa shape index (κ3) is 5.41. The number of carboxylic acids is 1. The highest BCUT2D eigenvalue weighted by atomic mass is 16.4. The van der Waals surface area contributed by atoms with Crippen LogP contribution in [0.2, 0.25) is 0 Å². The van der Waals surface area contributed by atoms with E-state index in [1.807, 2.05) is 0 Å². The van der Waals surface area contributed by atoms with Crippen LogP contribution in [0.1, 0.15) is 36.8 Å². The average molecular weight is 367 g/mol. The molecule has 0 saturated heterocycles. The van der Waals surface area contributed by atoms with Crippen LogP contribution in [0.3, 0.4) is 0 Å². The molecular weight excluding hydrogens is 336 g/mol. The fourth-order valence-corrected chi connectivity index (χ4v) is 3.91. The van der Waals surface area contributed by atoms with Gasteiger partial charge in [0.15, 0.2) is 0 Å². The highest BCUT2D eigenvalue weighted by molar-refractivity contribution is 5.70. The lowest BCUT2D eigenvalue weighted by atomic mass is 9.86. The molecule has 0 unspecified atom stereocenters. The minimum absolute atomic E-state index is 0.156. The zero-order chi connectivity index (χ0) is 19.2. The largest absolute Gasteiger partial charge is 0.481 e. The van der Waals surface area contributed by atoms with Crippen LogP contribution < -0.4 is 5.32 Å². The summed E-state index contributed by atoms with van der Waals surface area (Å²) in [6.45, 7) is 1.76. The van der Waals surface area contributed by atoms with Crippen molar-refractivity contribution >= 4 is 5.97 Å². The van der Waals surface area contributed by atoms with Crippen molar-refractivity contribution in [2.45, 2.75) is 44.8 Å². The number of carbonyl (C=O) groups is 1. The number of nitrogens with one attached hydrogen (secondary N) is 1. The van der Waals surface area contributed by atoms with Gasteiger partial charge in [-0.15, -0.1) is 0 Å². The molecule has 1 fully saturated rings. The first-order valence-electron chi connectivity index (χ1n) is 9.81. The molecule has 1 aliphatic carbocycles. The second-order valence-electron chi connectivity index (χ2n) is 7.86. The highest BCUT2D eigenvalue weighted by Gasteiger charge is 2.25. The highest BCUT2D eigenvalue weighted by Crippen LogP contribution is 2.27. The van der Waals surface area contributed by atoms with Gasteiger partial charge >= 0.3 is 5.97 Å². The van der Waals surface area contributed by atoms with Gasteiger partial charge in [-0.25, -0.2) is 0 Å². The lowest BCUT2D eigenvalue weighted by Crippen LogP contribution is -2.34. The van der Waals surface area contributed by atoms with E-state index in [0.717, 1.165) is 38.8 Å². The number of aliphatic carboxylic acids is 1. The molecule has 4 heteroatoms. The van der Waals surface area contributed by atoms with Crippen molar-refractivity contribution in [1.29, 1.82) is 0 Å². The van der Waals surface area contributed by atoms with Gasteiger partial charge in [0.05, 0.1) is 5.92 Å². The summed E-state index contributed by atoms with van der Waals surface area (Å²) < 4.78 is 0. The van der Waals surface area contributed by atoms with Gasteiger partial charge in [0.1, 0.15) is 0 Å². The first-order valence-corrected chi connectivity index (χ1v) is 9.81. The van der Waals surface area contributed by atoms with Crippen molar-refractivity contribution in [2.24, 2.45) is 5.92 Å². The molecule has 0 spiro atoms.